The molecule has 1 amide bonds. The van der Waals surface area contributed by atoms with Crippen molar-refractivity contribution in [3.63, 3.8) is 0 Å². The first-order valence-corrected chi connectivity index (χ1v) is 6.09. The van der Waals surface area contributed by atoms with E-state index in [0.717, 1.165) is 12.0 Å². The fourth-order valence-electron chi connectivity index (χ4n) is 2.26. The van der Waals surface area contributed by atoms with E-state index < -0.39 is 12.0 Å². The lowest BCUT2D eigenvalue weighted by molar-refractivity contribution is -0.148. The van der Waals surface area contributed by atoms with Crippen LogP contribution in [0.2, 0.25) is 0 Å². The van der Waals surface area contributed by atoms with Crippen LogP contribution in [0.4, 0.5) is 0 Å². The number of aryl methyl sites for hydroxylation is 2. The van der Waals surface area contributed by atoms with E-state index in [1.165, 1.54) is 4.90 Å². The summed E-state index contributed by atoms with van der Waals surface area (Å²) in [5.74, 6) is -1.01. The number of carboxylic acids is 1. The van der Waals surface area contributed by atoms with Crippen LogP contribution in [0.1, 0.15) is 24.8 Å². The standard InChI is InChI=1S/C12H17N3O3/c1-9-7-13-14(8-9)6-4-11(16)15-5-2-3-10(15)12(17)18/h7-8,10H,2-6H2,1H3,(H,17,18)/t10-/m1/s1. The Labute approximate surface area is 105 Å². The summed E-state index contributed by atoms with van der Waals surface area (Å²) < 4.78 is 1.71. The van der Waals surface area contributed by atoms with E-state index in [1.54, 1.807) is 10.9 Å². The number of rotatable bonds is 4. The number of aliphatic carboxylic acids is 1. The molecule has 6 nitrogen and oxygen atoms in total. The molecular weight excluding hydrogens is 234 g/mol. The lowest BCUT2D eigenvalue weighted by Crippen LogP contribution is -2.40. The molecule has 1 aliphatic rings. The number of hydrogen-bond donors (Lipinski definition) is 1. The molecule has 2 heterocycles. The molecule has 0 unspecified atom stereocenters. The molecule has 1 aromatic rings. The predicted molar refractivity (Wildman–Crippen MR) is 64.0 cm³/mol. The molecule has 1 N–H and O–H groups in total. The highest BCUT2D eigenvalue weighted by atomic mass is 16.4. The maximum Gasteiger partial charge on any atom is 0.326 e. The minimum Gasteiger partial charge on any atom is -0.480 e. The highest BCUT2D eigenvalue weighted by Crippen LogP contribution is 2.18. The minimum absolute atomic E-state index is 0.104. The Bertz CT molecular complexity index is 455. The fourth-order valence-corrected chi connectivity index (χ4v) is 2.26. The molecule has 0 radical (unpaired) electrons. The van der Waals surface area contributed by atoms with E-state index in [2.05, 4.69) is 5.10 Å². The van der Waals surface area contributed by atoms with Crippen LogP contribution in [-0.2, 0) is 16.1 Å². The molecule has 98 valence electrons. The maximum atomic E-state index is 12.0. The number of carbonyl (C=O) groups is 2. The monoisotopic (exact) mass is 251 g/mol. The second-order valence-corrected chi connectivity index (χ2v) is 4.61. The Morgan fingerprint density at radius 1 is 1.56 bits per heavy atom. The SMILES string of the molecule is Cc1cnn(CCC(=O)N2CCC[C@@H]2C(=O)O)c1. The van der Waals surface area contributed by atoms with Gasteiger partial charge in [0.15, 0.2) is 0 Å². The summed E-state index contributed by atoms with van der Waals surface area (Å²) in [6.45, 7) is 2.98. The van der Waals surface area contributed by atoms with E-state index in [0.29, 0.717) is 25.9 Å². The zero-order valence-electron chi connectivity index (χ0n) is 10.4. The summed E-state index contributed by atoms with van der Waals surface area (Å²) in [6, 6.07) is -0.642. The van der Waals surface area contributed by atoms with Crippen LogP contribution < -0.4 is 0 Å². The summed E-state index contributed by atoms with van der Waals surface area (Å²) >= 11 is 0. The van der Waals surface area contributed by atoms with E-state index in [4.69, 9.17) is 5.11 Å². The normalized spacial score (nSPS) is 19.2. The van der Waals surface area contributed by atoms with Crippen LogP contribution in [0.15, 0.2) is 12.4 Å². The maximum absolute atomic E-state index is 12.0. The van der Waals surface area contributed by atoms with Gasteiger partial charge < -0.3 is 10.0 Å². The number of hydrogen-bond acceptors (Lipinski definition) is 3. The first kappa shape index (κ1) is 12.6. The predicted octanol–water partition coefficient (Wildman–Crippen LogP) is 0.657. The van der Waals surface area contributed by atoms with Crippen molar-refractivity contribution in [3.8, 4) is 0 Å². The van der Waals surface area contributed by atoms with Crippen molar-refractivity contribution in [2.75, 3.05) is 6.54 Å². The third-order valence-electron chi connectivity index (χ3n) is 3.18. The zero-order chi connectivity index (χ0) is 13.1. The van der Waals surface area contributed by atoms with Gasteiger partial charge in [-0.2, -0.15) is 5.10 Å². The topological polar surface area (TPSA) is 75.4 Å². The van der Waals surface area contributed by atoms with E-state index in [-0.39, 0.29) is 5.91 Å². The van der Waals surface area contributed by atoms with Crippen LogP contribution >= 0.6 is 0 Å². The van der Waals surface area contributed by atoms with Crippen molar-refractivity contribution in [1.29, 1.82) is 0 Å². The van der Waals surface area contributed by atoms with Crippen LogP contribution in [0.5, 0.6) is 0 Å². The first-order chi connectivity index (χ1) is 8.58. The third-order valence-corrected chi connectivity index (χ3v) is 3.18. The van der Waals surface area contributed by atoms with Crippen molar-refractivity contribution in [2.24, 2.45) is 0 Å². The molecule has 0 saturated carbocycles. The lowest BCUT2D eigenvalue weighted by atomic mass is 10.2. The number of carbonyl (C=O) groups excluding carboxylic acids is 1. The highest BCUT2D eigenvalue weighted by Gasteiger charge is 2.33. The van der Waals surface area contributed by atoms with Gasteiger partial charge in [0, 0.05) is 25.7 Å². The molecular formula is C12H17N3O3. The Morgan fingerprint density at radius 3 is 2.94 bits per heavy atom. The summed E-state index contributed by atoms with van der Waals surface area (Å²) in [7, 11) is 0. The molecule has 0 aromatic carbocycles. The van der Waals surface area contributed by atoms with Gasteiger partial charge in [0.05, 0.1) is 6.20 Å². The number of nitrogens with zero attached hydrogens (tertiary/aromatic N) is 3. The number of likely N-dealkylation sites (tertiary alicyclic amines) is 1. The van der Waals surface area contributed by atoms with E-state index in [1.807, 2.05) is 13.1 Å². The molecule has 1 aromatic heterocycles. The van der Waals surface area contributed by atoms with Gasteiger partial charge in [-0.25, -0.2) is 4.79 Å². The number of carboxylic acid groups (broad SMARTS) is 1. The molecule has 2 rings (SSSR count). The summed E-state index contributed by atoms with van der Waals surface area (Å²) in [4.78, 5) is 24.4. The van der Waals surface area contributed by atoms with Gasteiger partial charge in [0.25, 0.3) is 0 Å². The van der Waals surface area contributed by atoms with E-state index in [9.17, 15) is 9.59 Å². The molecule has 0 bridgehead atoms. The average molecular weight is 251 g/mol. The molecule has 1 aliphatic heterocycles. The Hall–Kier alpha value is -1.85. The smallest absolute Gasteiger partial charge is 0.326 e. The molecule has 1 atom stereocenters. The van der Waals surface area contributed by atoms with Gasteiger partial charge in [-0.1, -0.05) is 0 Å². The molecule has 18 heavy (non-hydrogen) atoms. The Morgan fingerprint density at radius 2 is 2.33 bits per heavy atom. The lowest BCUT2D eigenvalue weighted by Gasteiger charge is -2.21. The van der Waals surface area contributed by atoms with Gasteiger partial charge in [-0.15, -0.1) is 0 Å². The van der Waals surface area contributed by atoms with Crippen LogP contribution in [0.3, 0.4) is 0 Å². The van der Waals surface area contributed by atoms with Gasteiger partial charge in [0.2, 0.25) is 5.91 Å². The Kier molecular flexibility index (Phi) is 3.64. The van der Waals surface area contributed by atoms with Crippen molar-refractivity contribution in [3.05, 3.63) is 18.0 Å². The molecule has 0 aliphatic carbocycles. The molecule has 1 saturated heterocycles. The molecule has 6 heteroatoms. The van der Waals surface area contributed by atoms with Gasteiger partial charge >= 0.3 is 5.97 Å². The summed E-state index contributed by atoms with van der Waals surface area (Å²) in [5, 5.41) is 13.1. The second-order valence-electron chi connectivity index (χ2n) is 4.61. The van der Waals surface area contributed by atoms with Crippen molar-refractivity contribution in [1.82, 2.24) is 14.7 Å². The van der Waals surface area contributed by atoms with Crippen molar-refractivity contribution < 1.29 is 14.7 Å². The van der Waals surface area contributed by atoms with Crippen LogP contribution in [0.25, 0.3) is 0 Å². The van der Waals surface area contributed by atoms with Gasteiger partial charge in [-0.05, 0) is 25.3 Å². The Balaban J connectivity index is 1.89. The number of amides is 1. The van der Waals surface area contributed by atoms with Gasteiger partial charge in [-0.3, -0.25) is 9.48 Å². The average Bonchev–Trinajstić information content (AvgIpc) is 2.94. The van der Waals surface area contributed by atoms with E-state index >= 15 is 0 Å². The quantitative estimate of drug-likeness (QED) is 0.852. The first-order valence-electron chi connectivity index (χ1n) is 6.09. The van der Waals surface area contributed by atoms with Gasteiger partial charge in [0.1, 0.15) is 6.04 Å². The van der Waals surface area contributed by atoms with Crippen LogP contribution in [0, 0.1) is 6.92 Å². The zero-order valence-corrected chi connectivity index (χ0v) is 10.4. The second kappa shape index (κ2) is 5.20. The van der Waals surface area contributed by atoms with Crippen LogP contribution in [-0.4, -0.2) is 44.3 Å². The summed E-state index contributed by atoms with van der Waals surface area (Å²) in [6.07, 6.45) is 5.22. The largest absolute Gasteiger partial charge is 0.480 e. The molecule has 0 spiro atoms. The summed E-state index contributed by atoms with van der Waals surface area (Å²) in [5.41, 5.74) is 1.05. The van der Waals surface area contributed by atoms with Crippen molar-refractivity contribution >= 4 is 11.9 Å². The minimum atomic E-state index is -0.907. The fraction of sp³-hybridized carbons (Fsp3) is 0.583. The van der Waals surface area contributed by atoms with Crippen molar-refractivity contribution in [2.45, 2.75) is 38.8 Å². The number of aromatic nitrogens is 2. The highest BCUT2D eigenvalue weighted by molar-refractivity contribution is 5.84. The molecule has 1 fully saturated rings. The third kappa shape index (κ3) is 2.69.